The van der Waals surface area contributed by atoms with Crippen LogP contribution in [0.5, 0.6) is 0 Å². The molecule has 98 valence electrons. The van der Waals surface area contributed by atoms with Crippen molar-refractivity contribution in [3.05, 3.63) is 41.1 Å². The van der Waals surface area contributed by atoms with Gasteiger partial charge >= 0.3 is 6.03 Å². The molecule has 0 aliphatic heterocycles. The maximum absolute atomic E-state index is 11.6. The monoisotopic (exact) mass is 266 g/mol. The van der Waals surface area contributed by atoms with Gasteiger partial charge in [-0.1, -0.05) is 37.9 Å². The Morgan fingerprint density at radius 2 is 1.78 bits per heavy atom. The highest BCUT2D eigenvalue weighted by molar-refractivity contribution is 6.30. The van der Waals surface area contributed by atoms with E-state index in [1.165, 1.54) is 0 Å². The molecule has 0 aliphatic carbocycles. The highest BCUT2D eigenvalue weighted by Gasteiger charge is 2.12. The average Bonchev–Trinajstić information content (AvgIpc) is 2.28. The van der Waals surface area contributed by atoms with Crippen LogP contribution >= 0.6 is 11.6 Å². The molecule has 2 amide bonds. The van der Waals surface area contributed by atoms with Crippen molar-refractivity contribution >= 4 is 23.3 Å². The van der Waals surface area contributed by atoms with E-state index in [2.05, 4.69) is 31.4 Å². The molecule has 0 atom stereocenters. The van der Waals surface area contributed by atoms with Gasteiger partial charge in [-0.25, -0.2) is 4.79 Å². The second-order valence-electron chi connectivity index (χ2n) is 5.18. The van der Waals surface area contributed by atoms with Crippen LogP contribution in [0, 0.1) is 5.41 Å². The first kappa shape index (κ1) is 14.6. The van der Waals surface area contributed by atoms with E-state index >= 15 is 0 Å². The Bertz CT molecular complexity index is 444. The van der Waals surface area contributed by atoms with Gasteiger partial charge in [0.2, 0.25) is 0 Å². The third-order valence-corrected chi connectivity index (χ3v) is 2.96. The van der Waals surface area contributed by atoms with Crippen molar-refractivity contribution in [2.45, 2.75) is 27.7 Å². The molecule has 0 aromatic heterocycles. The average molecular weight is 267 g/mol. The first-order chi connectivity index (χ1) is 8.29. The van der Waals surface area contributed by atoms with Crippen molar-refractivity contribution < 1.29 is 4.79 Å². The molecule has 3 nitrogen and oxygen atoms in total. The number of anilines is 1. The summed E-state index contributed by atoms with van der Waals surface area (Å²) in [5, 5.41) is 6.07. The van der Waals surface area contributed by atoms with E-state index in [1.807, 2.05) is 6.92 Å². The number of carbonyl (C=O) groups is 1. The zero-order valence-corrected chi connectivity index (χ0v) is 11.9. The van der Waals surface area contributed by atoms with Crippen LogP contribution in [0.15, 0.2) is 36.0 Å². The minimum absolute atomic E-state index is 0.0492. The second-order valence-corrected chi connectivity index (χ2v) is 5.62. The minimum Gasteiger partial charge on any atom is -0.314 e. The number of urea groups is 1. The fraction of sp³-hybridized carbons (Fsp3) is 0.357. The van der Waals surface area contributed by atoms with Gasteiger partial charge in [0, 0.05) is 16.9 Å². The number of hydrogen-bond donors (Lipinski definition) is 2. The lowest BCUT2D eigenvalue weighted by Crippen LogP contribution is -2.25. The Labute approximate surface area is 113 Å². The van der Waals surface area contributed by atoms with Crippen LogP contribution in [-0.2, 0) is 0 Å². The lowest BCUT2D eigenvalue weighted by molar-refractivity contribution is 0.255. The Kier molecular flexibility index (Phi) is 4.79. The molecule has 2 N–H and O–H groups in total. The van der Waals surface area contributed by atoms with Crippen molar-refractivity contribution in [3.63, 3.8) is 0 Å². The fourth-order valence-corrected chi connectivity index (χ4v) is 1.22. The van der Waals surface area contributed by atoms with Gasteiger partial charge in [0.15, 0.2) is 0 Å². The molecule has 0 unspecified atom stereocenters. The van der Waals surface area contributed by atoms with Crippen molar-refractivity contribution in [3.8, 4) is 0 Å². The van der Waals surface area contributed by atoms with Crippen LogP contribution in [0.25, 0.3) is 0 Å². The maximum atomic E-state index is 11.6. The molecule has 1 aromatic carbocycles. The third kappa shape index (κ3) is 4.80. The van der Waals surface area contributed by atoms with Crippen molar-refractivity contribution in [2.75, 3.05) is 5.32 Å². The lowest BCUT2D eigenvalue weighted by Gasteiger charge is -2.19. The Morgan fingerprint density at radius 3 is 2.28 bits per heavy atom. The molecule has 1 aromatic rings. The number of allylic oxidation sites excluding steroid dienone is 1. The summed E-state index contributed by atoms with van der Waals surface area (Å²) in [6, 6.07) is 6.70. The summed E-state index contributed by atoms with van der Waals surface area (Å²) in [5.74, 6) is 0. The van der Waals surface area contributed by atoms with Gasteiger partial charge < -0.3 is 10.6 Å². The number of rotatable bonds is 2. The highest BCUT2D eigenvalue weighted by Crippen LogP contribution is 2.23. The standard InChI is InChI=1S/C14H19ClN2O/c1-10(14(2,3)4)9-16-13(18)17-12-7-5-11(15)6-8-12/h5-9H,1-4H3,(H2,16,17,18)/b10-9+. The summed E-state index contributed by atoms with van der Waals surface area (Å²) in [7, 11) is 0. The minimum atomic E-state index is -0.263. The molecular weight excluding hydrogens is 248 g/mol. The fourth-order valence-electron chi connectivity index (χ4n) is 1.09. The zero-order chi connectivity index (χ0) is 13.8. The largest absolute Gasteiger partial charge is 0.323 e. The van der Waals surface area contributed by atoms with Crippen LogP contribution in [0.3, 0.4) is 0 Å². The van der Waals surface area contributed by atoms with E-state index in [0.717, 1.165) is 5.57 Å². The zero-order valence-electron chi connectivity index (χ0n) is 11.2. The summed E-state index contributed by atoms with van der Waals surface area (Å²) in [5.41, 5.74) is 1.86. The molecule has 4 heteroatoms. The topological polar surface area (TPSA) is 41.1 Å². The SMILES string of the molecule is C/C(=C\NC(=O)Nc1ccc(Cl)cc1)C(C)(C)C. The molecule has 0 radical (unpaired) electrons. The summed E-state index contributed by atoms with van der Waals surface area (Å²) < 4.78 is 0. The van der Waals surface area contributed by atoms with Crippen LogP contribution in [0.4, 0.5) is 10.5 Å². The van der Waals surface area contributed by atoms with E-state index in [4.69, 9.17) is 11.6 Å². The lowest BCUT2D eigenvalue weighted by atomic mass is 9.88. The maximum Gasteiger partial charge on any atom is 0.323 e. The summed E-state index contributed by atoms with van der Waals surface area (Å²) >= 11 is 5.76. The van der Waals surface area contributed by atoms with Gasteiger partial charge in [-0.3, -0.25) is 0 Å². The Morgan fingerprint density at radius 1 is 1.22 bits per heavy atom. The number of benzene rings is 1. The van der Waals surface area contributed by atoms with E-state index in [-0.39, 0.29) is 11.4 Å². The second kappa shape index (κ2) is 5.91. The van der Waals surface area contributed by atoms with E-state index in [1.54, 1.807) is 30.5 Å². The van der Waals surface area contributed by atoms with E-state index in [9.17, 15) is 4.79 Å². The summed E-state index contributed by atoms with van der Waals surface area (Å²) in [6.07, 6.45) is 1.73. The Hall–Kier alpha value is -1.48. The van der Waals surface area contributed by atoms with Gasteiger partial charge in [0.25, 0.3) is 0 Å². The molecule has 1 rings (SSSR count). The number of carbonyl (C=O) groups excluding carboxylic acids is 1. The van der Waals surface area contributed by atoms with Gasteiger partial charge in [-0.2, -0.15) is 0 Å². The molecule has 0 saturated heterocycles. The van der Waals surface area contributed by atoms with Crippen molar-refractivity contribution in [2.24, 2.45) is 5.41 Å². The smallest absolute Gasteiger partial charge is 0.314 e. The van der Waals surface area contributed by atoms with E-state index in [0.29, 0.717) is 10.7 Å². The normalized spacial score (nSPS) is 12.2. The summed E-state index contributed by atoms with van der Waals surface area (Å²) in [6.45, 7) is 8.27. The Balaban J connectivity index is 2.55. The molecule has 0 heterocycles. The predicted octanol–water partition coefficient (Wildman–Crippen LogP) is 4.41. The van der Waals surface area contributed by atoms with E-state index < -0.39 is 0 Å². The first-order valence-electron chi connectivity index (χ1n) is 5.79. The summed E-state index contributed by atoms with van der Waals surface area (Å²) in [4.78, 5) is 11.6. The first-order valence-corrected chi connectivity index (χ1v) is 6.17. The molecule has 0 fully saturated rings. The van der Waals surface area contributed by atoms with Crippen LogP contribution in [0.2, 0.25) is 5.02 Å². The van der Waals surface area contributed by atoms with Gasteiger partial charge in [0.05, 0.1) is 0 Å². The van der Waals surface area contributed by atoms with Gasteiger partial charge in [-0.05, 0) is 36.6 Å². The highest BCUT2D eigenvalue weighted by atomic mass is 35.5. The van der Waals surface area contributed by atoms with Crippen LogP contribution < -0.4 is 10.6 Å². The van der Waals surface area contributed by atoms with Crippen LogP contribution in [-0.4, -0.2) is 6.03 Å². The van der Waals surface area contributed by atoms with Crippen molar-refractivity contribution in [1.29, 1.82) is 0 Å². The van der Waals surface area contributed by atoms with Gasteiger partial charge in [0.1, 0.15) is 0 Å². The molecule has 0 bridgehead atoms. The van der Waals surface area contributed by atoms with Crippen molar-refractivity contribution in [1.82, 2.24) is 5.32 Å². The molecule has 0 spiro atoms. The molecule has 0 saturated carbocycles. The number of nitrogens with one attached hydrogen (secondary N) is 2. The predicted molar refractivity (Wildman–Crippen MR) is 76.8 cm³/mol. The quantitative estimate of drug-likeness (QED) is 0.818. The number of halogens is 1. The van der Waals surface area contributed by atoms with Crippen LogP contribution in [0.1, 0.15) is 27.7 Å². The molecule has 18 heavy (non-hydrogen) atoms. The molecule has 0 aliphatic rings. The number of amides is 2. The third-order valence-electron chi connectivity index (χ3n) is 2.70. The molecular formula is C14H19ClN2O. The van der Waals surface area contributed by atoms with Gasteiger partial charge in [-0.15, -0.1) is 0 Å². The number of hydrogen-bond acceptors (Lipinski definition) is 1.